The van der Waals surface area contributed by atoms with Gasteiger partial charge < -0.3 is 4.90 Å². The highest BCUT2D eigenvalue weighted by molar-refractivity contribution is 7.07. The van der Waals surface area contributed by atoms with Crippen molar-refractivity contribution in [2.45, 2.75) is 45.4 Å². The van der Waals surface area contributed by atoms with Crippen LogP contribution in [0.1, 0.15) is 45.9 Å². The molecule has 142 valence electrons. The Hall–Kier alpha value is -2.89. The molecule has 0 spiro atoms. The smallest absolute Gasteiger partial charge is 0.165 e. The van der Waals surface area contributed by atoms with Crippen LogP contribution in [0.15, 0.2) is 36.0 Å². The molecular weight excluding hydrogens is 364 g/mol. The number of benzene rings is 1. The van der Waals surface area contributed by atoms with Crippen LogP contribution in [0.2, 0.25) is 0 Å². The summed E-state index contributed by atoms with van der Waals surface area (Å²) in [6.45, 7) is 10.7. The van der Waals surface area contributed by atoms with E-state index in [9.17, 15) is 10.5 Å². The lowest BCUT2D eigenvalue weighted by Crippen LogP contribution is -2.23. The summed E-state index contributed by atoms with van der Waals surface area (Å²) in [5.41, 5.74) is 4.41. The van der Waals surface area contributed by atoms with Gasteiger partial charge in [0.05, 0.1) is 10.2 Å². The van der Waals surface area contributed by atoms with E-state index in [2.05, 4.69) is 88.0 Å². The molecule has 4 nitrogen and oxygen atoms in total. The second-order valence-corrected chi connectivity index (χ2v) is 9.53. The van der Waals surface area contributed by atoms with Crippen molar-refractivity contribution in [3.63, 3.8) is 0 Å². The largest absolute Gasteiger partial charge is 0.347 e. The molecule has 0 N–H and O–H groups in total. The van der Waals surface area contributed by atoms with Crippen molar-refractivity contribution in [3.8, 4) is 12.1 Å². The summed E-state index contributed by atoms with van der Waals surface area (Å²) in [6.07, 6.45) is 4.22. The third-order valence-electron chi connectivity index (χ3n) is 5.13. The quantitative estimate of drug-likeness (QED) is 0.747. The fourth-order valence-electron chi connectivity index (χ4n) is 3.67. The predicted octanol–water partition coefficient (Wildman–Crippen LogP) is 3.73. The number of anilines is 1. The van der Waals surface area contributed by atoms with E-state index in [0.29, 0.717) is 4.66 Å². The summed E-state index contributed by atoms with van der Waals surface area (Å²) in [5, 5.41) is 18.4. The monoisotopic (exact) mass is 388 g/mol. The van der Waals surface area contributed by atoms with E-state index < -0.39 is 0 Å². The Morgan fingerprint density at radius 2 is 1.79 bits per heavy atom. The van der Waals surface area contributed by atoms with Crippen LogP contribution in [-0.4, -0.2) is 12.0 Å². The predicted molar refractivity (Wildman–Crippen MR) is 115 cm³/mol. The van der Waals surface area contributed by atoms with Crippen molar-refractivity contribution >= 4 is 28.7 Å². The van der Waals surface area contributed by atoms with Crippen molar-refractivity contribution in [2.75, 3.05) is 11.9 Å². The summed E-state index contributed by atoms with van der Waals surface area (Å²) < 4.78 is 1.47. The van der Waals surface area contributed by atoms with E-state index in [1.807, 2.05) is 12.1 Å². The lowest BCUT2D eigenvalue weighted by atomic mass is 9.84. The van der Waals surface area contributed by atoms with Gasteiger partial charge in [0.2, 0.25) is 0 Å². The first kappa shape index (κ1) is 19.9. The van der Waals surface area contributed by atoms with Crippen molar-refractivity contribution in [1.82, 2.24) is 4.98 Å². The fraction of sp³-hybridized carbons (Fsp3) is 0.348. The molecule has 0 atom stereocenters. The maximum atomic E-state index is 9.22. The van der Waals surface area contributed by atoms with Crippen molar-refractivity contribution in [3.05, 3.63) is 56.5 Å². The molecule has 1 aromatic carbocycles. The van der Waals surface area contributed by atoms with Gasteiger partial charge in [0, 0.05) is 29.3 Å². The minimum atomic E-state index is -0.185. The van der Waals surface area contributed by atoms with Crippen LogP contribution >= 0.6 is 11.3 Å². The second-order valence-electron chi connectivity index (χ2n) is 8.50. The van der Waals surface area contributed by atoms with Gasteiger partial charge in [-0.15, -0.1) is 11.3 Å². The van der Waals surface area contributed by atoms with E-state index in [-0.39, 0.29) is 16.4 Å². The summed E-state index contributed by atoms with van der Waals surface area (Å²) >= 11 is 1.40. The molecule has 0 saturated carbocycles. The molecule has 0 bridgehead atoms. The molecule has 28 heavy (non-hydrogen) atoms. The number of hydrogen-bond acceptors (Lipinski definition) is 5. The molecule has 1 aromatic heterocycles. The molecule has 1 aliphatic heterocycles. The lowest BCUT2D eigenvalue weighted by Gasteiger charge is -2.23. The number of fused-ring (bicyclic) bond motifs is 1. The average molecular weight is 389 g/mol. The lowest BCUT2D eigenvalue weighted by molar-refractivity contribution is 0.568. The first-order valence-electron chi connectivity index (χ1n) is 9.19. The molecule has 0 unspecified atom stereocenters. The number of thiazole rings is 1. The van der Waals surface area contributed by atoms with Gasteiger partial charge in [-0.05, 0) is 23.8 Å². The van der Waals surface area contributed by atoms with E-state index in [0.717, 1.165) is 10.2 Å². The highest BCUT2D eigenvalue weighted by Gasteiger charge is 2.37. The van der Waals surface area contributed by atoms with Crippen molar-refractivity contribution in [2.24, 2.45) is 0 Å². The number of likely N-dealkylation sites (N-methyl/N-ethyl adjacent to an activating group) is 1. The Balaban J connectivity index is 2.22. The van der Waals surface area contributed by atoms with E-state index >= 15 is 0 Å². The molecule has 0 aliphatic carbocycles. The van der Waals surface area contributed by atoms with Crippen LogP contribution < -0.4 is 14.1 Å². The number of aromatic nitrogens is 1. The molecule has 0 amide bonds. The molecule has 0 radical (unpaired) electrons. The topological polar surface area (TPSA) is 63.7 Å². The van der Waals surface area contributed by atoms with Gasteiger partial charge in [-0.3, -0.25) is 0 Å². The van der Waals surface area contributed by atoms with Gasteiger partial charge in [-0.2, -0.15) is 10.5 Å². The number of para-hydroxylation sites is 1. The normalized spacial score (nSPS) is 17.4. The number of rotatable bonds is 1. The van der Waals surface area contributed by atoms with Crippen molar-refractivity contribution < 1.29 is 0 Å². The van der Waals surface area contributed by atoms with Crippen LogP contribution in [0.4, 0.5) is 5.69 Å². The molecule has 5 heteroatoms. The maximum Gasteiger partial charge on any atom is 0.165 e. The molecular formula is C23H24N4S. The number of nitriles is 2. The van der Waals surface area contributed by atoms with Gasteiger partial charge in [0.25, 0.3) is 0 Å². The third kappa shape index (κ3) is 3.23. The first-order chi connectivity index (χ1) is 13.1. The molecule has 2 aromatic rings. The molecule has 0 saturated heterocycles. The zero-order valence-electron chi connectivity index (χ0n) is 17.2. The van der Waals surface area contributed by atoms with Gasteiger partial charge in [0.15, 0.2) is 5.57 Å². The summed E-state index contributed by atoms with van der Waals surface area (Å²) in [4.78, 5) is 6.85. The summed E-state index contributed by atoms with van der Waals surface area (Å²) in [6, 6.07) is 12.4. The number of allylic oxidation sites excluding steroid dienone is 2. The Morgan fingerprint density at radius 1 is 1.14 bits per heavy atom. The van der Waals surface area contributed by atoms with E-state index in [4.69, 9.17) is 0 Å². The fourth-order valence-corrected chi connectivity index (χ4v) is 4.79. The Morgan fingerprint density at radius 3 is 2.36 bits per heavy atom. The van der Waals surface area contributed by atoms with Crippen LogP contribution in [0.3, 0.4) is 0 Å². The Kier molecular flexibility index (Phi) is 4.91. The molecule has 3 rings (SSSR count). The average Bonchev–Trinajstić information content (AvgIpc) is 3.14. The van der Waals surface area contributed by atoms with Crippen LogP contribution in [-0.2, 0) is 10.8 Å². The summed E-state index contributed by atoms with van der Waals surface area (Å²) in [7, 11) is 2.09. The second kappa shape index (κ2) is 6.93. The third-order valence-corrected chi connectivity index (χ3v) is 6.17. The van der Waals surface area contributed by atoms with E-state index in [1.54, 1.807) is 0 Å². The zero-order chi connectivity index (χ0) is 20.7. The van der Waals surface area contributed by atoms with Crippen LogP contribution in [0.5, 0.6) is 0 Å². The van der Waals surface area contributed by atoms with Crippen LogP contribution in [0, 0.1) is 22.7 Å². The van der Waals surface area contributed by atoms with Gasteiger partial charge in [-0.25, -0.2) is 4.98 Å². The number of nitrogens with zero attached hydrogens (tertiary/aromatic N) is 4. The van der Waals surface area contributed by atoms with Crippen molar-refractivity contribution in [1.29, 1.82) is 10.5 Å². The van der Waals surface area contributed by atoms with Gasteiger partial charge in [-0.1, -0.05) is 52.8 Å². The number of hydrogen-bond donors (Lipinski definition) is 0. The van der Waals surface area contributed by atoms with E-state index in [1.165, 1.54) is 28.3 Å². The van der Waals surface area contributed by atoms with Crippen LogP contribution in [0.25, 0.3) is 11.6 Å². The highest BCUT2D eigenvalue weighted by Crippen LogP contribution is 2.46. The highest BCUT2D eigenvalue weighted by atomic mass is 32.1. The minimum Gasteiger partial charge on any atom is -0.347 e. The van der Waals surface area contributed by atoms with Gasteiger partial charge >= 0.3 is 0 Å². The molecule has 1 aliphatic rings. The first-order valence-corrected chi connectivity index (χ1v) is 10.0. The maximum absolute atomic E-state index is 9.22. The molecule has 0 fully saturated rings. The minimum absolute atomic E-state index is 0.0634. The standard InChI is InChI=1S/C23H24N4S/c1-22(2,3)20-18(28-21(26-20)15(13-24)14-25)11-12-19-23(4,5)16-9-7-8-10-17(16)27(19)6/h7-12H,1-6H3/b18-11+,19-12-. The Bertz CT molecular complexity index is 1140. The Labute approximate surface area is 170 Å². The molecule has 2 heterocycles. The zero-order valence-corrected chi connectivity index (χ0v) is 18.0. The summed E-state index contributed by atoms with van der Waals surface area (Å²) in [5.74, 6) is 0. The van der Waals surface area contributed by atoms with Gasteiger partial charge in [0.1, 0.15) is 16.8 Å². The SMILES string of the molecule is CN1/C(=C\C=c2\sc(=C(C#N)C#N)nc2C(C)(C)C)C(C)(C)c2ccccc21.